The predicted octanol–water partition coefficient (Wildman–Crippen LogP) is 0.719. The fourth-order valence-electron chi connectivity index (χ4n) is 1.74. The number of hydrogen-bond donors (Lipinski definition) is 1. The monoisotopic (exact) mass is 254 g/mol. The zero-order valence-corrected chi connectivity index (χ0v) is 10.4. The molecule has 2 heterocycles. The fourth-order valence-corrected chi connectivity index (χ4v) is 2.56. The van der Waals surface area contributed by atoms with Gasteiger partial charge in [-0.25, -0.2) is 0 Å². The van der Waals surface area contributed by atoms with Crippen molar-refractivity contribution in [3.63, 3.8) is 0 Å². The fraction of sp³-hybridized carbons (Fsp3) is 0.455. The van der Waals surface area contributed by atoms with E-state index in [1.54, 1.807) is 11.0 Å². The molecule has 1 N–H and O–H groups in total. The van der Waals surface area contributed by atoms with Crippen molar-refractivity contribution >= 4 is 23.2 Å². The number of carbonyl (C=O) groups is 2. The maximum absolute atomic E-state index is 12.2. The van der Waals surface area contributed by atoms with E-state index in [0.29, 0.717) is 23.7 Å². The molecule has 0 aliphatic carbocycles. The third-order valence-electron chi connectivity index (χ3n) is 2.59. The van der Waals surface area contributed by atoms with Crippen LogP contribution >= 0.6 is 11.3 Å². The second-order valence-electron chi connectivity index (χ2n) is 3.75. The van der Waals surface area contributed by atoms with E-state index in [9.17, 15) is 9.59 Å². The van der Waals surface area contributed by atoms with Crippen LogP contribution in [-0.4, -0.2) is 43.5 Å². The molecule has 17 heavy (non-hydrogen) atoms. The molecular weight excluding hydrogens is 240 g/mol. The highest BCUT2D eigenvalue weighted by Crippen LogP contribution is 2.26. The quantitative estimate of drug-likeness (QED) is 0.846. The van der Waals surface area contributed by atoms with Gasteiger partial charge in [0.25, 0.3) is 5.91 Å². The topological polar surface area (TPSA) is 58.6 Å². The first-order valence-electron chi connectivity index (χ1n) is 5.40. The lowest BCUT2D eigenvalue weighted by Crippen LogP contribution is -2.37. The zero-order chi connectivity index (χ0) is 12.3. The van der Waals surface area contributed by atoms with Crippen LogP contribution in [0.15, 0.2) is 11.4 Å². The molecule has 0 radical (unpaired) electrons. The largest absolute Gasteiger partial charge is 0.495 e. The summed E-state index contributed by atoms with van der Waals surface area (Å²) in [5, 5.41) is 4.55. The Morgan fingerprint density at radius 1 is 1.59 bits per heavy atom. The third-order valence-corrected chi connectivity index (χ3v) is 3.48. The number of thiophene rings is 1. The first-order valence-corrected chi connectivity index (χ1v) is 6.28. The van der Waals surface area contributed by atoms with Crippen LogP contribution in [0.1, 0.15) is 16.1 Å². The van der Waals surface area contributed by atoms with E-state index in [2.05, 4.69) is 5.32 Å². The number of hydrogen-bond acceptors (Lipinski definition) is 4. The molecule has 1 aromatic rings. The highest BCUT2D eigenvalue weighted by atomic mass is 32.1. The van der Waals surface area contributed by atoms with E-state index in [-0.39, 0.29) is 18.4 Å². The molecule has 1 aliphatic rings. The summed E-state index contributed by atoms with van der Waals surface area (Å²) >= 11 is 1.34. The average molecular weight is 254 g/mol. The Labute approximate surface area is 103 Å². The van der Waals surface area contributed by atoms with Gasteiger partial charge in [0, 0.05) is 13.1 Å². The van der Waals surface area contributed by atoms with Crippen LogP contribution in [0.4, 0.5) is 0 Å². The maximum atomic E-state index is 12.2. The lowest BCUT2D eigenvalue weighted by Gasteiger charge is -2.18. The standard InChI is InChI=1S/C11H14N2O3S/c1-16-8-3-6-17-10(8)11(15)13-5-2-4-12-9(14)7-13/h3,6H,2,4-5,7H2,1H3,(H,12,14). The molecule has 0 atom stereocenters. The van der Waals surface area contributed by atoms with Gasteiger partial charge in [0.1, 0.15) is 10.6 Å². The van der Waals surface area contributed by atoms with Crippen LogP contribution in [0.5, 0.6) is 5.75 Å². The average Bonchev–Trinajstić information content (AvgIpc) is 2.70. The smallest absolute Gasteiger partial charge is 0.268 e. The van der Waals surface area contributed by atoms with Crippen LogP contribution < -0.4 is 10.1 Å². The molecule has 1 aliphatic heterocycles. The highest BCUT2D eigenvalue weighted by Gasteiger charge is 2.24. The van der Waals surface area contributed by atoms with Gasteiger partial charge in [-0.3, -0.25) is 9.59 Å². The van der Waals surface area contributed by atoms with Crippen molar-refractivity contribution in [1.29, 1.82) is 0 Å². The van der Waals surface area contributed by atoms with Gasteiger partial charge in [-0.15, -0.1) is 11.3 Å². The summed E-state index contributed by atoms with van der Waals surface area (Å²) in [5.41, 5.74) is 0. The lowest BCUT2D eigenvalue weighted by molar-refractivity contribution is -0.121. The van der Waals surface area contributed by atoms with Gasteiger partial charge in [0.05, 0.1) is 13.7 Å². The summed E-state index contributed by atoms with van der Waals surface area (Å²) in [6.45, 7) is 1.35. The molecule has 0 unspecified atom stereocenters. The molecule has 0 spiro atoms. The molecule has 1 aromatic heterocycles. The van der Waals surface area contributed by atoms with E-state index in [1.165, 1.54) is 18.4 Å². The Kier molecular flexibility index (Phi) is 3.63. The minimum atomic E-state index is -0.131. The Bertz CT molecular complexity index is 430. The van der Waals surface area contributed by atoms with Gasteiger partial charge < -0.3 is 15.0 Å². The number of ether oxygens (including phenoxy) is 1. The van der Waals surface area contributed by atoms with Crippen LogP contribution in [0, 0.1) is 0 Å². The van der Waals surface area contributed by atoms with Crippen LogP contribution in [0.25, 0.3) is 0 Å². The molecule has 2 amide bonds. The summed E-state index contributed by atoms with van der Waals surface area (Å²) < 4.78 is 5.12. The zero-order valence-electron chi connectivity index (χ0n) is 9.56. The Morgan fingerprint density at radius 3 is 3.18 bits per heavy atom. The van der Waals surface area contributed by atoms with Crippen molar-refractivity contribution < 1.29 is 14.3 Å². The number of carbonyl (C=O) groups excluding carboxylic acids is 2. The van der Waals surface area contributed by atoms with E-state index in [1.807, 2.05) is 5.38 Å². The molecule has 1 fully saturated rings. The molecule has 5 nitrogen and oxygen atoms in total. The molecule has 6 heteroatoms. The van der Waals surface area contributed by atoms with E-state index in [4.69, 9.17) is 4.74 Å². The molecule has 1 saturated heterocycles. The maximum Gasteiger partial charge on any atom is 0.268 e. The minimum absolute atomic E-state index is 0.105. The number of rotatable bonds is 2. The SMILES string of the molecule is COc1ccsc1C(=O)N1CCCNC(=O)C1. The van der Waals surface area contributed by atoms with Crippen LogP contribution in [0.2, 0.25) is 0 Å². The molecule has 0 saturated carbocycles. The second kappa shape index (κ2) is 5.18. The lowest BCUT2D eigenvalue weighted by atomic mass is 10.3. The first-order chi connectivity index (χ1) is 8.22. The van der Waals surface area contributed by atoms with Crippen molar-refractivity contribution in [2.24, 2.45) is 0 Å². The van der Waals surface area contributed by atoms with Gasteiger partial charge in [0.15, 0.2) is 0 Å². The van der Waals surface area contributed by atoms with E-state index in [0.717, 1.165) is 6.42 Å². The predicted molar refractivity (Wildman–Crippen MR) is 64.4 cm³/mol. The van der Waals surface area contributed by atoms with Crippen molar-refractivity contribution in [1.82, 2.24) is 10.2 Å². The molecule has 0 aromatic carbocycles. The Morgan fingerprint density at radius 2 is 2.41 bits per heavy atom. The Balaban J connectivity index is 2.16. The summed E-state index contributed by atoms with van der Waals surface area (Å²) in [4.78, 5) is 25.7. The van der Waals surface area contributed by atoms with Crippen LogP contribution in [-0.2, 0) is 4.79 Å². The summed E-state index contributed by atoms with van der Waals surface area (Å²) in [6.07, 6.45) is 0.783. The Hall–Kier alpha value is -1.56. The first kappa shape index (κ1) is 11.9. The van der Waals surface area contributed by atoms with Crippen molar-refractivity contribution in [3.05, 3.63) is 16.3 Å². The van der Waals surface area contributed by atoms with Gasteiger partial charge in [-0.2, -0.15) is 0 Å². The minimum Gasteiger partial charge on any atom is -0.495 e. The third kappa shape index (κ3) is 2.58. The van der Waals surface area contributed by atoms with Gasteiger partial charge in [0.2, 0.25) is 5.91 Å². The number of methoxy groups -OCH3 is 1. The van der Waals surface area contributed by atoms with Gasteiger partial charge >= 0.3 is 0 Å². The summed E-state index contributed by atoms with van der Waals surface area (Å²) in [7, 11) is 1.54. The van der Waals surface area contributed by atoms with E-state index >= 15 is 0 Å². The van der Waals surface area contributed by atoms with Crippen molar-refractivity contribution in [3.8, 4) is 5.75 Å². The summed E-state index contributed by atoms with van der Waals surface area (Å²) in [6, 6.07) is 1.76. The second-order valence-corrected chi connectivity index (χ2v) is 4.66. The molecule has 0 bridgehead atoms. The van der Waals surface area contributed by atoms with Gasteiger partial charge in [-0.05, 0) is 17.9 Å². The number of nitrogens with zero attached hydrogens (tertiary/aromatic N) is 1. The van der Waals surface area contributed by atoms with Crippen molar-refractivity contribution in [2.45, 2.75) is 6.42 Å². The molecule has 2 rings (SSSR count). The highest BCUT2D eigenvalue weighted by molar-refractivity contribution is 7.12. The number of amides is 2. The normalized spacial score (nSPS) is 16.3. The van der Waals surface area contributed by atoms with Crippen molar-refractivity contribution in [2.75, 3.05) is 26.7 Å². The molecule has 92 valence electrons. The van der Waals surface area contributed by atoms with Gasteiger partial charge in [-0.1, -0.05) is 0 Å². The van der Waals surface area contributed by atoms with E-state index < -0.39 is 0 Å². The molecular formula is C11H14N2O3S. The van der Waals surface area contributed by atoms with Crippen LogP contribution in [0.3, 0.4) is 0 Å². The number of nitrogens with one attached hydrogen (secondary N) is 1. The summed E-state index contributed by atoms with van der Waals surface area (Å²) in [5.74, 6) is 0.338.